The highest BCUT2D eigenvalue weighted by molar-refractivity contribution is 5.90. The number of amides is 2. The second-order valence-electron chi connectivity index (χ2n) is 9.33. The predicted molar refractivity (Wildman–Crippen MR) is 134 cm³/mol. The maximum Gasteiger partial charge on any atom is 0.247 e. The van der Waals surface area contributed by atoms with E-state index in [0.717, 1.165) is 61.7 Å². The van der Waals surface area contributed by atoms with Crippen molar-refractivity contribution in [3.8, 4) is 0 Å². The maximum absolute atomic E-state index is 13.8. The van der Waals surface area contributed by atoms with E-state index in [0.29, 0.717) is 13.1 Å². The van der Waals surface area contributed by atoms with E-state index in [1.54, 1.807) is 0 Å². The van der Waals surface area contributed by atoms with E-state index < -0.39 is 6.04 Å². The lowest BCUT2D eigenvalue weighted by Crippen LogP contribution is -2.46. The molecule has 0 bridgehead atoms. The summed E-state index contributed by atoms with van der Waals surface area (Å²) in [6, 6.07) is 17.0. The number of hydrogen-bond donors (Lipinski definition) is 1. The summed E-state index contributed by atoms with van der Waals surface area (Å²) in [5.41, 5.74) is 2.80. The number of nitrogens with one attached hydrogen (secondary N) is 1. The first-order valence-electron chi connectivity index (χ1n) is 12.5. The molecule has 5 rings (SSSR count). The van der Waals surface area contributed by atoms with Gasteiger partial charge in [-0.2, -0.15) is 0 Å². The van der Waals surface area contributed by atoms with Crippen molar-refractivity contribution in [2.75, 3.05) is 39.4 Å². The number of para-hydroxylation sites is 2. The Labute approximate surface area is 205 Å². The first-order valence-corrected chi connectivity index (χ1v) is 12.5. The summed E-state index contributed by atoms with van der Waals surface area (Å²) in [6.07, 6.45) is 0.975. The van der Waals surface area contributed by atoms with Crippen LogP contribution in [0.1, 0.15) is 43.2 Å². The molecule has 3 heterocycles. The Balaban J connectivity index is 1.32. The van der Waals surface area contributed by atoms with Gasteiger partial charge in [0.2, 0.25) is 11.8 Å². The van der Waals surface area contributed by atoms with Crippen molar-refractivity contribution < 1.29 is 14.3 Å². The second-order valence-corrected chi connectivity index (χ2v) is 9.33. The summed E-state index contributed by atoms with van der Waals surface area (Å²) < 4.78 is 7.37. The minimum Gasteiger partial charge on any atom is -0.379 e. The predicted octanol–water partition coefficient (Wildman–Crippen LogP) is 2.91. The topological polar surface area (TPSA) is 79.7 Å². The lowest BCUT2D eigenvalue weighted by atomic mass is 10.0. The number of hydrogen-bond acceptors (Lipinski definition) is 5. The normalized spacial score (nSPS) is 20.7. The van der Waals surface area contributed by atoms with E-state index >= 15 is 0 Å². The number of imidazole rings is 1. The third-order valence-electron chi connectivity index (χ3n) is 7.00. The van der Waals surface area contributed by atoms with Gasteiger partial charge in [0.15, 0.2) is 0 Å². The van der Waals surface area contributed by atoms with Crippen LogP contribution >= 0.6 is 0 Å². The highest BCUT2D eigenvalue weighted by atomic mass is 16.5. The highest BCUT2D eigenvalue weighted by Gasteiger charge is 2.40. The molecule has 3 aromatic rings. The zero-order valence-electron chi connectivity index (χ0n) is 20.2. The monoisotopic (exact) mass is 475 g/mol. The molecule has 0 unspecified atom stereocenters. The first kappa shape index (κ1) is 23.5. The number of morpholine rings is 1. The Bertz CT molecular complexity index is 1170. The van der Waals surface area contributed by atoms with Crippen molar-refractivity contribution in [1.29, 1.82) is 0 Å². The number of aromatic nitrogens is 2. The number of benzene rings is 2. The van der Waals surface area contributed by atoms with Gasteiger partial charge in [-0.1, -0.05) is 42.5 Å². The number of rotatable bonds is 8. The third kappa shape index (κ3) is 5.09. The summed E-state index contributed by atoms with van der Waals surface area (Å²) in [6.45, 7) is 7.46. The van der Waals surface area contributed by atoms with Crippen molar-refractivity contribution in [1.82, 2.24) is 24.7 Å². The number of fused-ring (bicyclic) bond motifs is 3. The van der Waals surface area contributed by atoms with Crippen LogP contribution in [0.25, 0.3) is 11.0 Å². The Morgan fingerprint density at radius 2 is 1.83 bits per heavy atom. The molecule has 0 aliphatic carbocycles. The lowest BCUT2D eigenvalue weighted by Gasteiger charge is -2.38. The van der Waals surface area contributed by atoms with E-state index in [9.17, 15) is 9.59 Å². The smallest absolute Gasteiger partial charge is 0.247 e. The van der Waals surface area contributed by atoms with Crippen LogP contribution in [-0.4, -0.2) is 70.6 Å². The third-order valence-corrected chi connectivity index (χ3v) is 7.00. The van der Waals surface area contributed by atoms with E-state index in [1.165, 1.54) is 0 Å². The summed E-state index contributed by atoms with van der Waals surface area (Å²) in [4.78, 5) is 35.8. The van der Waals surface area contributed by atoms with Crippen molar-refractivity contribution in [3.63, 3.8) is 0 Å². The molecular weight excluding hydrogens is 442 g/mol. The number of carbonyl (C=O) groups excluding carboxylic acids is 2. The molecule has 1 fully saturated rings. The molecule has 2 atom stereocenters. The van der Waals surface area contributed by atoms with Gasteiger partial charge in [-0.05, 0) is 37.6 Å². The fraction of sp³-hybridized carbons (Fsp3) is 0.444. The van der Waals surface area contributed by atoms with Crippen molar-refractivity contribution in [3.05, 3.63) is 66.0 Å². The fourth-order valence-corrected chi connectivity index (χ4v) is 5.09. The molecule has 2 aliphatic heterocycles. The zero-order chi connectivity index (χ0) is 24.2. The molecule has 8 heteroatoms. The van der Waals surface area contributed by atoms with Gasteiger partial charge < -0.3 is 19.5 Å². The van der Waals surface area contributed by atoms with Crippen molar-refractivity contribution >= 4 is 22.8 Å². The molecule has 1 aromatic heterocycles. The average molecular weight is 476 g/mol. The van der Waals surface area contributed by atoms with Gasteiger partial charge in [-0.15, -0.1) is 0 Å². The highest BCUT2D eigenvalue weighted by Crippen LogP contribution is 2.37. The molecule has 0 spiro atoms. The van der Waals surface area contributed by atoms with Crippen LogP contribution < -0.4 is 5.32 Å². The van der Waals surface area contributed by atoms with E-state index in [-0.39, 0.29) is 24.3 Å². The standard InChI is InChI=1S/C27H33N5O3/c1-20-26-29-22-10-5-6-11-23(22)32(26)24(27(34)31(20)19-21-8-3-2-4-9-21)18-25(33)28-12-7-13-30-14-16-35-17-15-30/h2-6,8-11,20,24H,7,12-19H2,1H3,(H,28,33)/t20-,24-/m1/s1. The van der Waals surface area contributed by atoms with Gasteiger partial charge in [0.25, 0.3) is 0 Å². The molecule has 2 aromatic carbocycles. The van der Waals surface area contributed by atoms with Crippen LogP contribution in [0.15, 0.2) is 54.6 Å². The van der Waals surface area contributed by atoms with Gasteiger partial charge in [0.1, 0.15) is 11.9 Å². The summed E-state index contributed by atoms with van der Waals surface area (Å²) in [5, 5.41) is 3.04. The van der Waals surface area contributed by atoms with Gasteiger partial charge in [0, 0.05) is 26.2 Å². The summed E-state index contributed by atoms with van der Waals surface area (Å²) >= 11 is 0. The SMILES string of the molecule is C[C@@H]1c2nc3ccccc3n2[C@H](CC(=O)NCCCN2CCOCC2)C(=O)N1Cc1ccccc1. The zero-order valence-corrected chi connectivity index (χ0v) is 20.2. The Morgan fingerprint density at radius 1 is 1.09 bits per heavy atom. The second kappa shape index (κ2) is 10.6. The van der Waals surface area contributed by atoms with E-state index in [4.69, 9.17) is 9.72 Å². The quantitative estimate of drug-likeness (QED) is 0.507. The average Bonchev–Trinajstić information content (AvgIpc) is 3.28. The van der Waals surface area contributed by atoms with Gasteiger partial charge in [-0.3, -0.25) is 14.5 Å². The molecule has 35 heavy (non-hydrogen) atoms. The lowest BCUT2D eigenvalue weighted by molar-refractivity contribution is -0.142. The molecule has 1 N–H and O–H groups in total. The molecule has 0 radical (unpaired) electrons. The van der Waals surface area contributed by atoms with Crippen LogP contribution in [0.3, 0.4) is 0 Å². The molecule has 2 aliphatic rings. The minimum atomic E-state index is -0.614. The molecule has 1 saturated heterocycles. The Kier molecular flexibility index (Phi) is 7.11. The molecule has 2 amide bonds. The van der Waals surface area contributed by atoms with Gasteiger partial charge in [-0.25, -0.2) is 4.98 Å². The van der Waals surface area contributed by atoms with E-state index in [2.05, 4.69) is 10.2 Å². The van der Waals surface area contributed by atoms with Gasteiger partial charge >= 0.3 is 0 Å². The van der Waals surface area contributed by atoms with Crippen LogP contribution in [-0.2, 0) is 20.9 Å². The van der Waals surface area contributed by atoms with Gasteiger partial charge in [0.05, 0.1) is 36.7 Å². The summed E-state index contributed by atoms with van der Waals surface area (Å²) in [7, 11) is 0. The first-order chi connectivity index (χ1) is 17.1. The fourth-order valence-electron chi connectivity index (χ4n) is 5.09. The molecule has 0 saturated carbocycles. The van der Waals surface area contributed by atoms with Crippen LogP contribution in [0.2, 0.25) is 0 Å². The number of nitrogens with zero attached hydrogens (tertiary/aromatic N) is 4. The van der Waals surface area contributed by atoms with Crippen molar-refractivity contribution in [2.24, 2.45) is 0 Å². The maximum atomic E-state index is 13.8. The summed E-state index contributed by atoms with van der Waals surface area (Å²) in [5.74, 6) is 0.676. The minimum absolute atomic E-state index is 0.0412. The van der Waals surface area contributed by atoms with E-state index in [1.807, 2.05) is 71.0 Å². The number of ether oxygens (including phenoxy) is 1. The largest absolute Gasteiger partial charge is 0.379 e. The van der Waals surface area contributed by atoms with Crippen LogP contribution in [0, 0.1) is 0 Å². The van der Waals surface area contributed by atoms with Crippen molar-refractivity contribution in [2.45, 2.75) is 38.4 Å². The Hall–Kier alpha value is -3.23. The molecule has 184 valence electrons. The van der Waals surface area contributed by atoms with Crippen LogP contribution in [0.4, 0.5) is 0 Å². The Morgan fingerprint density at radius 3 is 2.63 bits per heavy atom. The number of carbonyl (C=O) groups is 2. The van der Waals surface area contributed by atoms with Crippen LogP contribution in [0.5, 0.6) is 0 Å². The molecular formula is C27H33N5O3. The molecule has 8 nitrogen and oxygen atoms in total.